The van der Waals surface area contributed by atoms with Gasteiger partial charge in [-0.05, 0) is 43.5 Å². The minimum atomic E-state index is -3.41. The number of rotatable bonds is 6. The summed E-state index contributed by atoms with van der Waals surface area (Å²) in [6, 6.07) is 15.8. The van der Waals surface area contributed by atoms with Gasteiger partial charge in [0, 0.05) is 43.9 Å². The molecule has 0 amide bonds. The van der Waals surface area contributed by atoms with Gasteiger partial charge in [0.05, 0.1) is 5.75 Å². The van der Waals surface area contributed by atoms with Crippen molar-refractivity contribution in [1.82, 2.24) is 14.3 Å². The Labute approximate surface area is 195 Å². The highest BCUT2D eigenvalue weighted by Crippen LogP contribution is 2.26. The highest BCUT2D eigenvalue weighted by Gasteiger charge is 2.27. The number of aromatic nitrogens is 2. The molecule has 2 aromatic carbocycles. The summed E-state index contributed by atoms with van der Waals surface area (Å²) in [5.74, 6) is 1.22. The molecular formula is C25H29FN4O2S. The number of hydrogen-bond donors (Lipinski definition) is 0. The number of halogens is 1. The van der Waals surface area contributed by atoms with Crippen LogP contribution in [0.4, 0.5) is 10.2 Å². The van der Waals surface area contributed by atoms with Crippen LogP contribution in [0.1, 0.15) is 34.6 Å². The minimum absolute atomic E-state index is 0.00435. The van der Waals surface area contributed by atoms with Crippen LogP contribution in [-0.2, 0) is 22.2 Å². The van der Waals surface area contributed by atoms with E-state index in [1.165, 1.54) is 12.1 Å². The minimum Gasteiger partial charge on any atom is -0.355 e. The van der Waals surface area contributed by atoms with Crippen molar-refractivity contribution in [2.75, 3.05) is 31.1 Å². The van der Waals surface area contributed by atoms with Gasteiger partial charge in [-0.15, -0.1) is 0 Å². The Morgan fingerprint density at radius 3 is 2.42 bits per heavy atom. The molecule has 0 N–H and O–H groups in total. The summed E-state index contributed by atoms with van der Waals surface area (Å²) in [6.07, 6.45) is 1.22. The van der Waals surface area contributed by atoms with Crippen LogP contribution in [0.2, 0.25) is 0 Å². The Kier molecular flexibility index (Phi) is 7.05. The van der Waals surface area contributed by atoms with Crippen LogP contribution in [0.25, 0.3) is 0 Å². The van der Waals surface area contributed by atoms with Crippen molar-refractivity contribution in [2.45, 2.75) is 32.4 Å². The lowest BCUT2D eigenvalue weighted by Gasteiger charge is -2.26. The van der Waals surface area contributed by atoms with E-state index in [2.05, 4.69) is 9.88 Å². The maximum atomic E-state index is 13.8. The summed E-state index contributed by atoms with van der Waals surface area (Å²) in [5.41, 5.74) is 3.46. The van der Waals surface area contributed by atoms with E-state index in [1.807, 2.05) is 50.2 Å². The van der Waals surface area contributed by atoms with Crippen molar-refractivity contribution in [3.05, 3.63) is 88.6 Å². The molecular weight excluding hydrogens is 439 g/mol. The summed E-state index contributed by atoms with van der Waals surface area (Å²) < 4.78 is 41.4. The van der Waals surface area contributed by atoms with Crippen LogP contribution < -0.4 is 4.90 Å². The zero-order chi connectivity index (χ0) is 23.4. The molecule has 0 saturated carbocycles. The first-order valence-electron chi connectivity index (χ1n) is 11.2. The van der Waals surface area contributed by atoms with Crippen molar-refractivity contribution in [1.29, 1.82) is 0 Å². The Balaban J connectivity index is 1.55. The molecule has 0 atom stereocenters. The number of benzene rings is 2. The molecule has 1 saturated heterocycles. The van der Waals surface area contributed by atoms with Crippen LogP contribution in [0.15, 0.2) is 54.6 Å². The van der Waals surface area contributed by atoms with E-state index < -0.39 is 10.0 Å². The van der Waals surface area contributed by atoms with E-state index in [1.54, 1.807) is 10.4 Å². The third-order valence-electron chi connectivity index (χ3n) is 5.91. The van der Waals surface area contributed by atoms with Crippen molar-refractivity contribution >= 4 is 15.8 Å². The third kappa shape index (κ3) is 5.75. The van der Waals surface area contributed by atoms with Crippen molar-refractivity contribution in [3.8, 4) is 0 Å². The Bertz CT molecular complexity index is 1220. The lowest BCUT2D eigenvalue weighted by atomic mass is 10.0. The van der Waals surface area contributed by atoms with E-state index in [9.17, 15) is 12.8 Å². The van der Waals surface area contributed by atoms with Crippen LogP contribution >= 0.6 is 0 Å². The van der Waals surface area contributed by atoms with E-state index >= 15 is 0 Å². The lowest BCUT2D eigenvalue weighted by Crippen LogP contribution is -2.36. The fraction of sp³-hybridized carbons (Fsp3) is 0.360. The quantitative estimate of drug-likeness (QED) is 0.550. The molecule has 3 aromatic rings. The molecule has 174 valence electrons. The number of sulfonamides is 1. The average Bonchev–Trinajstić information content (AvgIpc) is 3.03. The van der Waals surface area contributed by atoms with Gasteiger partial charge in [0.1, 0.15) is 17.5 Å². The Morgan fingerprint density at radius 2 is 1.67 bits per heavy atom. The highest BCUT2D eigenvalue weighted by molar-refractivity contribution is 7.88. The van der Waals surface area contributed by atoms with Gasteiger partial charge < -0.3 is 4.90 Å². The molecule has 0 aliphatic carbocycles. The topological polar surface area (TPSA) is 66.4 Å². The second-order valence-corrected chi connectivity index (χ2v) is 10.4. The van der Waals surface area contributed by atoms with E-state index in [0.717, 1.165) is 28.2 Å². The van der Waals surface area contributed by atoms with E-state index in [0.29, 0.717) is 44.8 Å². The number of hydrogen-bond acceptors (Lipinski definition) is 5. The van der Waals surface area contributed by atoms with Gasteiger partial charge in [0.25, 0.3) is 0 Å². The molecule has 0 unspecified atom stereocenters. The van der Waals surface area contributed by atoms with Gasteiger partial charge in [-0.1, -0.05) is 42.5 Å². The number of anilines is 1. The van der Waals surface area contributed by atoms with Crippen molar-refractivity contribution in [3.63, 3.8) is 0 Å². The molecule has 1 aliphatic heterocycles. The normalized spacial score (nSPS) is 15.4. The van der Waals surface area contributed by atoms with Gasteiger partial charge >= 0.3 is 0 Å². The van der Waals surface area contributed by atoms with Crippen LogP contribution in [0.5, 0.6) is 0 Å². The first kappa shape index (κ1) is 23.3. The molecule has 0 radical (unpaired) electrons. The van der Waals surface area contributed by atoms with Gasteiger partial charge in [0.2, 0.25) is 10.0 Å². The summed E-state index contributed by atoms with van der Waals surface area (Å²) in [6.45, 7) is 5.92. The van der Waals surface area contributed by atoms with Gasteiger partial charge in [-0.2, -0.15) is 4.31 Å². The predicted octanol–water partition coefficient (Wildman–Crippen LogP) is 3.87. The zero-order valence-corrected chi connectivity index (χ0v) is 19.9. The van der Waals surface area contributed by atoms with Crippen LogP contribution in [0, 0.1) is 19.7 Å². The van der Waals surface area contributed by atoms with Crippen molar-refractivity contribution < 1.29 is 12.8 Å². The van der Waals surface area contributed by atoms with Crippen LogP contribution in [0.3, 0.4) is 0 Å². The van der Waals surface area contributed by atoms with E-state index in [4.69, 9.17) is 4.98 Å². The fourth-order valence-electron chi connectivity index (χ4n) is 4.30. The molecule has 33 heavy (non-hydrogen) atoms. The molecule has 1 aliphatic rings. The molecule has 4 rings (SSSR count). The van der Waals surface area contributed by atoms with Gasteiger partial charge in [-0.3, -0.25) is 0 Å². The highest BCUT2D eigenvalue weighted by atomic mass is 32.2. The summed E-state index contributed by atoms with van der Waals surface area (Å²) in [7, 11) is -3.41. The number of aryl methyl sites for hydroxylation is 2. The zero-order valence-electron chi connectivity index (χ0n) is 19.0. The summed E-state index contributed by atoms with van der Waals surface area (Å²) >= 11 is 0. The third-order valence-corrected chi connectivity index (χ3v) is 7.76. The lowest BCUT2D eigenvalue weighted by molar-refractivity contribution is 0.432. The summed E-state index contributed by atoms with van der Waals surface area (Å²) in [5, 5.41) is 0. The predicted molar refractivity (Wildman–Crippen MR) is 128 cm³/mol. The largest absolute Gasteiger partial charge is 0.355 e. The molecule has 8 heteroatoms. The Morgan fingerprint density at radius 1 is 0.909 bits per heavy atom. The second kappa shape index (κ2) is 9.97. The van der Waals surface area contributed by atoms with Gasteiger partial charge in [0.15, 0.2) is 0 Å². The maximum absolute atomic E-state index is 13.8. The maximum Gasteiger partial charge on any atom is 0.218 e. The Hall–Kier alpha value is -2.84. The molecule has 1 fully saturated rings. The molecule has 6 nitrogen and oxygen atoms in total. The first-order chi connectivity index (χ1) is 15.8. The number of nitrogens with zero attached hydrogens (tertiary/aromatic N) is 4. The standard InChI is InChI=1S/C25H29FN4O2S/c1-19-24(17-22-10-6-11-23(26)16-22)25(28-20(2)27-19)29-12-7-13-30(15-14-29)33(31,32)18-21-8-4-3-5-9-21/h3-6,8-11,16H,7,12-15,17-18H2,1-2H3. The van der Waals surface area contributed by atoms with E-state index in [-0.39, 0.29) is 11.6 Å². The first-order valence-corrected chi connectivity index (χ1v) is 12.8. The summed E-state index contributed by atoms with van der Waals surface area (Å²) in [4.78, 5) is 11.4. The molecule has 1 aromatic heterocycles. The smallest absolute Gasteiger partial charge is 0.218 e. The monoisotopic (exact) mass is 468 g/mol. The molecule has 2 heterocycles. The van der Waals surface area contributed by atoms with Crippen molar-refractivity contribution in [2.24, 2.45) is 0 Å². The molecule has 0 spiro atoms. The molecule has 0 bridgehead atoms. The van der Waals surface area contributed by atoms with Crippen LogP contribution in [-0.4, -0.2) is 48.9 Å². The average molecular weight is 469 g/mol. The van der Waals surface area contributed by atoms with Gasteiger partial charge in [-0.25, -0.2) is 22.8 Å². The second-order valence-electron chi connectivity index (χ2n) is 8.45. The SMILES string of the molecule is Cc1nc(C)c(Cc2cccc(F)c2)c(N2CCCN(S(=O)(=O)Cc3ccccc3)CC2)n1. The fourth-order valence-corrected chi connectivity index (χ4v) is 5.86.